The largest absolute Gasteiger partial charge is 0.482 e. The predicted octanol–water partition coefficient (Wildman–Crippen LogP) is 4.69. The summed E-state index contributed by atoms with van der Waals surface area (Å²) in [6, 6.07) is 16.6. The maximum atomic E-state index is 14.1. The van der Waals surface area contributed by atoms with Crippen LogP contribution >= 0.6 is 0 Å². The second kappa shape index (κ2) is 11.1. The number of aromatic nitrogens is 1. The van der Waals surface area contributed by atoms with E-state index in [0.717, 1.165) is 5.56 Å². The van der Waals surface area contributed by atoms with E-state index >= 15 is 0 Å². The van der Waals surface area contributed by atoms with Crippen molar-refractivity contribution in [3.8, 4) is 28.8 Å². The number of carboxylic acid groups (broad SMARTS) is 1. The highest BCUT2D eigenvalue weighted by Gasteiger charge is 2.18. The van der Waals surface area contributed by atoms with Crippen LogP contribution in [0.3, 0.4) is 0 Å². The number of ether oxygens (including phenoxy) is 3. The smallest absolute Gasteiger partial charge is 0.341 e. The van der Waals surface area contributed by atoms with Crippen molar-refractivity contribution in [1.82, 2.24) is 4.98 Å². The van der Waals surface area contributed by atoms with Crippen molar-refractivity contribution >= 4 is 5.97 Å². The van der Waals surface area contributed by atoms with Gasteiger partial charge in [0.15, 0.2) is 12.7 Å². The molecule has 0 bridgehead atoms. The molecule has 170 valence electrons. The molecule has 0 fully saturated rings. The Hall–Kier alpha value is -3.96. The zero-order valence-electron chi connectivity index (χ0n) is 18.2. The first-order chi connectivity index (χ1) is 15.9. The molecule has 0 aliphatic heterocycles. The van der Waals surface area contributed by atoms with Crippen LogP contribution in [0.4, 0.5) is 4.39 Å². The number of benzene rings is 2. The van der Waals surface area contributed by atoms with Crippen LogP contribution in [0.1, 0.15) is 29.8 Å². The minimum atomic E-state index is -1.06. The van der Waals surface area contributed by atoms with Gasteiger partial charge in [-0.1, -0.05) is 12.1 Å². The molecule has 0 saturated heterocycles. The van der Waals surface area contributed by atoms with Crippen LogP contribution in [0, 0.1) is 24.1 Å². The van der Waals surface area contributed by atoms with E-state index in [0.29, 0.717) is 35.1 Å². The van der Waals surface area contributed by atoms with Crippen molar-refractivity contribution in [3.05, 3.63) is 77.2 Å². The average Bonchev–Trinajstić information content (AvgIpc) is 2.81. The Kier molecular flexibility index (Phi) is 7.95. The molecule has 1 heterocycles. The molecule has 0 saturated carbocycles. The number of nitrogens with zero attached hydrogens (tertiary/aromatic N) is 2. The van der Waals surface area contributed by atoms with Gasteiger partial charge in [0.1, 0.15) is 23.4 Å². The van der Waals surface area contributed by atoms with E-state index in [2.05, 4.69) is 4.98 Å². The first-order valence-corrected chi connectivity index (χ1v) is 10.3. The number of carboxylic acids is 1. The van der Waals surface area contributed by atoms with Crippen LogP contribution in [0.15, 0.2) is 54.6 Å². The Balaban J connectivity index is 1.85. The van der Waals surface area contributed by atoms with Crippen LogP contribution < -0.4 is 9.47 Å². The Labute approximate surface area is 191 Å². The third-order valence-electron chi connectivity index (χ3n) is 4.74. The van der Waals surface area contributed by atoms with Gasteiger partial charge in [0.2, 0.25) is 0 Å². The summed E-state index contributed by atoms with van der Waals surface area (Å²) in [5, 5.41) is 17.7. The summed E-state index contributed by atoms with van der Waals surface area (Å²) in [7, 11) is 0. The Morgan fingerprint density at radius 3 is 2.70 bits per heavy atom. The average molecular weight is 450 g/mol. The van der Waals surface area contributed by atoms with Crippen molar-refractivity contribution in [1.29, 1.82) is 5.26 Å². The van der Waals surface area contributed by atoms with Gasteiger partial charge >= 0.3 is 5.97 Å². The fourth-order valence-corrected chi connectivity index (χ4v) is 3.12. The van der Waals surface area contributed by atoms with Gasteiger partial charge in [-0.2, -0.15) is 5.26 Å². The molecule has 0 aliphatic carbocycles. The summed E-state index contributed by atoms with van der Waals surface area (Å²) >= 11 is 0. The summed E-state index contributed by atoms with van der Waals surface area (Å²) in [4.78, 5) is 15.4. The van der Waals surface area contributed by atoms with Gasteiger partial charge in [-0.15, -0.1) is 0 Å². The van der Waals surface area contributed by atoms with Gasteiger partial charge in [-0.05, 0) is 61.9 Å². The van der Waals surface area contributed by atoms with E-state index in [-0.39, 0.29) is 12.2 Å². The lowest BCUT2D eigenvalue weighted by Crippen LogP contribution is -2.16. The maximum Gasteiger partial charge on any atom is 0.341 e. The van der Waals surface area contributed by atoms with E-state index in [9.17, 15) is 9.18 Å². The van der Waals surface area contributed by atoms with Gasteiger partial charge in [-0.3, -0.25) is 0 Å². The summed E-state index contributed by atoms with van der Waals surface area (Å²) in [5.41, 5.74) is 2.36. The summed E-state index contributed by atoms with van der Waals surface area (Å²) in [5.74, 6) is -0.671. The molecule has 3 aromatic rings. The van der Waals surface area contributed by atoms with Gasteiger partial charge < -0.3 is 19.3 Å². The topological polar surface area (TPSA) is 102 Å². The number of rotatable bonds is 10. The zero-order valence-corrected chi connectivity index (χ0v) is 18.2. The predicted molar refractivity (Wildman–Crippen MR) is 119 cm³/mol. The molecule has 0 radical (unpaired) electrons. The molecule has 0 aliphatic rings. The number of hydrogen-bond acceptors (Lipinski definition) is 6. The van der Waals surface area contributed by atoms with Crippen molar-refractivity contribution < 1.29 is 28.5 Å². The van der Waals surface area contributed by atoms with Crippen molar-refractivity contribution in [3.63, 3.8) is 0 Å². The molecule has 2 aromatic carbocycles. The highest BCUT2D eigenvalue weighted by Crippen LogP contribution is 2.28. The lowest BCUT2D eigenvalue weighted by molar-refractivity contribution is -0.139. The monoisotopic (exact) mass is 450 g/mol. The van der Waals surface area contributed by atoms with Crippen molar-refractivity contribution in [2.45, 2.75) is 20.0 Å². The molecule has 1 atom stereocenters. The normalized spacial score (nSPS) is 11.5. The highest BCUT2D eigenvalue weighted by atomic mass is 19.1. The molecule has 7 nitrogen and oxygen atoms in total. The van der Waals surface area contributed by atoms with Crippen LogP contribution in [-0.2, 0) is 9.53 Å². The molecular weight excluding hydrogens is 427 g/mol. The number of aryl methyl sites for hydroxylation is 1. The molecular formula is C25H23FN2O5. The van der Waals surface area contributed by atoms with E-state index in [1.165, 1.54) is 12.1 Å². The minimum Gasteiger partial charge on any atom is -0.482 e. The molecule has 33 heavy (non-hydrogen) atoms. The molecule has 0 amide bonds. The first kappa shape index (κ1) is 23.7. The fraction of sp³-hybridized carbons (Fsp3) is 0.240. The van der Waals surface area contributed by atoms with E-state index in [1.807, 2.05) is 6.92 Å². The number of aliphatic carboxylic acids is 1. The van der Waals surface area contributed by atoms with Crippen LogP contribution in [0.2, 0.25) is 0 Å². The SMILES string of the molecule is CCOCC(Oc1ccc(OCC(=O)O)c(C)c1)c1cccc(-c2ccc(C#N)c(F)c2)n1. The Bertz CT molecular complexity index is 1180. The molecule has 0 spiro atoms. The molecule has 8 heteroatoms. The number of hydrogen-bond donors (Lipinski definition) is 1. The number of pyridine rings is 1. The van der Waals surface area contributed by atoms with Crippen molar-refractivity contribution in [2.75, 3.05) is 19.8 Å². The summed E-state index contributed by atoms with van der Waals surface area (Å²) < 4.78 is 31.1. The minimum absolute atomic E-state index is 0.0291. The molecule has 1 unspecified atom stereocenters. The van der Waals surface area contributed by atoms with Gasteiger partial charge in [-0.25, -0.2) is 14.2 Å². The van der Waals surface area contributed by atoms with Crippen molar-refractivity contribution in [2.24, 2.45) is 0 Å². The first-order valence-electron chi connectivity index (χ1n) is 10.3. The maximum absolute atomic E-state index is 14.1. The van der Waals surface area contributed by atoms with Gasteiger partial charge in [0.25, 0.3) is 0 Å². The van der Waals surface area contributed by atoms with Gasteiger partial charge in [0, 0.05) is 12.2 Å². The van der Waals surface area contributed by atoms with Gasteiger partial charge in [0.05, 0.1) is 23.6 Å². The quantitative estimate of drug-likeness (QED) is 0.478. The number of nitriles is 1. The molecule has 1 N–H and O–H groups in total. The van der Waals surface area contributed by atoms with E-state index in [4.69, 9.17) is 24.6 Å². The Morgan fingerprint density at radius 1 is 1.21 bits per heavy atom. The third-order valence-corrected chi connectivity index (χ3v) is 4.74. The third kappa shape index (κ3) is 6.28. The number of halogens is 1. The zero-order chi connectivity index (χ0) is 23.8. The van der Waals surface area contributed by atoms with E-state index < -0.39 is 24.5 Å². The second-order valence-corrected chi connectivity index (χ2v) is 7.13. The standard InChI is InChI=1S/C25H23FN2O5/c1-3-31-14-24(33-19-9-10-23(16(2)11-19)32-15-25(29)30)22-6-4-5-21(28-22)17-7-8-18(13-27)20(26)12-17/h4-12,24H,3,14-15H2,1-2H3,(H,29,30). The Morgan fingerprint density at radius 2 is 2.03 bits per heavy atom. The summed E-state index contributed by atoms with van der Waals surface area (Å²) in [6.45, 7) is 3.96. The second-order valence-electron chi connectivity index (χ2n) is 7.13. The van der Waals surface area contributed by atoms with Crippen LogP contribution in [-0.4, -0.2) is 35.9 Å². The lowest BCUT2D eigenvalue weighted by atomic mass is 10.1. The fourth-order valence-electron chi connectivity index (χ4n) is 3.12. The molecule has 1 aromatic heterocycles. The number of carbonyl (C=O) groups is 1. The summed E-state index contributed by atoms with van der Waals surface area (Å²) in [6.07, 6.45) is -0.543. The van der Waals surface area contributed by atoms with E-state index in [1.54, 1.807) is 55.5 Å². The lowest BCUT2D eigenvalue weighted by Gasteiger charge is -2.20. The van der Waals surface area contributed by atoms with Crippen LogP contribution in [0.5, 0.6) is 11.5 Å². The van der Waals surface area contributed by atoms with Crippen LogP contribution in [0.25, 0.3) is 11.3 Å². The molecule has 3 rings (SSSR count). The highest BCUT2D eigenvalue weighted by molar-refractivity contribution is 5.68.